The summed E-state index contributed by atoms with van der Waals surface area (Å²) in [4.78, 5) is 11.6. The van der Waals surface area contributed by atoms with Gasteiger partial charge in [0.05, 0.1) is 10.6 Å². The molecular formula is C13H16ClF2NO2. The second-order valence-electron chi connectivity index (χ2n) is 4.43. The lowest BCUT2D eigenvalue weighted by molar-refractivity contribution is 0.0947. The molecule has 1 aromatic rings. The van der Waals surface area contributed by atoms with Crippen LogP contribution in [0.2, 0.25) is 5.02 Å². The minimum atomic E-state index is -0.854. The minimum absolute atomic E-state index is 0.0883. The maximum atomic E-state index is 13.4. The molecule has 106 valence electrons. The summed E-state index contributed by atoms with van der Waals surface area (Å²) in [5, 5.41) is 11.0. The van der Waals surface area contributed by atoms with E-state index in [1.54, 1.807) is 0 Å². The molecule has 0 fully saturated rings. The quantitative estimate of drug-likeness (QED) is 0.625. The Bertz CT molecular complexity index is 455. The van der Waals surface area contributed by atoms with Gasteiger partial charge in [0.15, 0.2) is 0 Å². The van der Waals surface area contributed by atoms with Crippen molar-refractivity contribution in [2.45, 2.75) is 19.8 Å². The van der Waals surface area contributed by atoms with Crippen molar-refractivity contribution < 1.29 is 18.7 Å². The second-order valence-corrected chi connectivity index (χ2v) is 4.84. The van der Waals surface area contributed by atoms with Crippen molar-refractivity contribution in [1.82, 2.24) is 5.32 Å². The third-order valence-electron chi connectivity index (χ3n) is 2.73. The average Bonchev–Trinajstić information content (AvgIpc) is 2.38. The first-order valence-electron chi connectivity index (χ1n) is 5.99. The number of benzene rings is 1. The predicted molar refractivity (Wildman–Crippen MR) is 69.2 cm³/mol. The van der Waals surface area contributed by atoms with Crippen molar-refractivity contribution in [3.63, 3.8) is 0 Å². The highest BCUT2D eigenvalue weighted by Gasteiger charge is 2.15. The normalized spacial score (nSPS) is 12.3. The molecule has 0 saturated heterocycles. The van der Waals surface area contributed by atoms with Crippen molar-refractivity contribution in [3.8, 4) is 0 Å². The Morgan fingerprint density at radius 1 is 1.42 bits per heavy atom. The van der Waals surface area contributed by atoms with E-state index in [4.69, 9.17) is 16.7 Å². The molecule has 1 rings (SSSR count). The van der Waals surface area contributed by atoms with Crippen LogP contribution in [-0.4, -0.2) is 24.2 Å². The molecule has 1 aromatic carbocycles. The first-order valence-corrected chi connectivity index (χ1v) is 6.37. The van der Waals surface area contributed by atoms with E-state index in [1.165, 1.54) is 0 Å². The number of amides is 1. The van der Waals surface area contributed by atoms with Gasteiger partial charge in [0.2, 0.25) is 0 Å². The van der Waals surface area contributed by atoms with Gasteiger partial charge in [0.25, 0.3) is 5.91 Å². The number of aliphatic hydroxyl groups excluding tert-OH is 1. The van der Waals surface area contributed by atoms with E-state index in [0.29, 0.717) is 13.0 Å². The summed E-state index contributed by atoms with van der Waals surface area (Å²) in [5.41, 5.74) is -0.364. The molecule has 0 aliphatic rings. The molecule has 2 N–H and O–H groups in total. The monoisotopic (exact) mass is 291 g/mol. The molecule has 0 radical (unpaired) electrons. The summed E-state index contributed by atoms with van der Waals surface area (Å²) in [6.07, 6.45) is 1.40. The maximum absolute atomic E-state index is 13.4. The maximum Gasteiger partial charge on any atom is 0.254 e. The van der Waals surface area contributed by atoms with Gasteiger partial charge in [-0.2, -0.15) is 0 Å². The summed E-state index contributed by atoms with van der Waals surface area (Å²) in [5.74, 6) is -2.21. The Morgan fingerprint density at radius 3 is 2.74 bits per heavy atom. The van der Waals surface area contributed by atoms with Crippen LogP contribution >= 0.6 is 11.6 Å². The van der Waals surface area contributed by atoms with Crippen LogP contribution in [0.5, 0.6) is 0 Å². The zero-order valence-electron chi connectivity index (χ0n) is 10.5. The molecule has 0 aliphatic carbocycles. The minimum Gasteiger partial charge on any atom is -0.396 e. The van der Waals surface area contributed by atoms with E-state index >= 15 is 0 Å². The van der Waals surface area contributed by atoms with Crippen LogP contribution in [0.3, 0.4) is 0 Å². The van der Waals surface area contributed by atoms with Crippen molar-refractivity contribution in [1.29, 1.82) is 0 Å². The lowest BCUT2D eigenvalue weighted by Crippen LogP contribution is -2.26. The number of hydrogen-bond acceptors (Lipinski definition) is 2. The summed E-state index contributed by atoms with van der Waals surface area (Å²) in [6.45, 7) is 2.31. The van der Waals surface area contributed by atoms with Crippen LogP contribution in [0.15, 0.2) is 12.1 Å². The van der Waals surface area contributed by atoms with Gasteiger partial charge in [-0.1, -0.05) is 18.5 Å². The summed E-state index contributed by atoms with van der Waals surface area (Å²) in [7, 11) is 0. The van der Waals surface area contributed by atoms with Gasteiger partial charge in [-0.3, -0.25) is 4.79 Å². The average molecular weight is 292 g/mol. The van der Waals surface area contributed by atoms with E-state index in [9.17, 15) is 13.6 Å². The zero-order valence-corrected chi connectivity index (χ0v) is 11.3. The van der Waals surface area contributed by atoms with Gasteiger partial charge in [-0.25, -0.2) is 8.78 Å². The van der Waals surface area contributed by atoms with Crippen molar-refractivity contribution >= 4 is 17.5 Å². The standard InChI is InChI=1S/C13H16ClF2NO2/c1-8(7-18)3-2-4-17-13(19)9-5-12(16)10(14)6-11(9)15/h5-6,8,18H,2-4,7H2,1H3,(H,17,19). The van der Waals surface area contributed by atoms with Gasteiger partial charge in [0.1, 0.15) is 11.6 Å². The number of rotatable bonds is 6. The number of carbonyl (C=O) groups excluding carboxylic acids is 1. The van der Waals surface area contributed by atoms with Crippen LogP contribution in [-0.2, 0) is 0 Å². The highest BCUT2D eigenvalue weighted by atomic mass is 35.5. The summed E-state index contributed by atoms with van der Waals surface area (Å²) < 4.78 is 26.6. The Balaban J connectivity index is 2.52. The fourth-order valence-corrected chi connectivity index (χ4v) is 1.69. The van der Waals surface area contributed by atoms with Crippen molar-refractivity contribution in [2.24, 2.45) is 5.92 Å². The number of halogens is 3. The van der Waals surface area contributed by atoms with Crippen molar-refractivity contribution in [2.75, 3.05) is 13.2 Å². The molecule has 0 spiro atoms. The van der Waals surface area contributed by atoms with Gasteiger partial charge in [-0.05, 0) is 30.9 Å². The molecule has 0 aromatic heterocycles. The van der Waals surface area contributed by atoms with Crippen LogP contribution in [0.1, 0.15) is 30.1 Å². The van der Waals surface area contributed by atoms with Gasteiger partial charge >= 0.3 is 0 Å². The smallest absolute Gasteiger partial charge is 0.254 e. The SMILES string of the molecule is CC(CO)CCCNC(=O)c1cc(F)c(Cl)cc1F. The first kappa shape index (κ1) is 15.9. The Morgan fingerprint density at radius 2 is 2.11 bits per heavy atom. The number of nitrogens with one attached hydrogen (secondary N) is 1. The lowest BCUT2D eigenvalue weighted by atomic mass is 10.1. The number of aliphatic hydroxyl groups is 1. The highest BCUT2D eigenvalue weighted by molar-refractivity contribution is 6.30. The van der Waals surface area contributed by atoms with Crippen LogP contribution in [0.25, 0.3) is 0 Å². The van der Waals surface area contributed by atoms with E-state index in [2.05, 4.69) is 5.32 Å². The largest absolute Gasteiger partial charge is 0.396 e. The third kappa shape index (κ3) is 4.76. The molecular weight excluding hydrogens is 276 g/mol. The molecule has 1 unspecified atom stereocenters. The second kappa shape index (κ2) is 7.40. The topological polar surface area (TPSA) is 49.3 Å². The van der Waals surface area contributed by atoms with Crippen molar-refractivity contribution in [3.05, 3.63) is 34.4 Å². The summed E-state index contributed by atoms with van der Waals surface area (Å²) in [6, 6.07) is 1.56. The zero-order chi connectivity index (χ0) is 14.4. The molecule has 0 aliphatic heterocycles. The highest BCUT2D eigenvalue weighted by Crippen LogP contribution is 2.19. The molecule has 1 atom stereocenters. The lowest BCUT2D eigenvalue weighted by Gasteiger charge is -2.09. The van der Waals surface area contributed by atoms with E-state index < -0.39 is 17.5 Å². The Kier molecular flexibility index (Phi) is 6.18. The Hall–Kier alpha value is -1.20. The van der Waals surface area contributed by atoms with Gasteiger partial charge in [0, 0.05) is 13.2 Å². The molecule has 0 saturated carbocycles. The van der Waals surface area contributed by atoms with Crippen LogP contribution in [0, 0.1) is 17.6 Å². The van der Waals surface area contributed by atoms with Gasteiger partial charge < -0.3 is 10.4 Å². The molecule has 6 heteroatoms. The number of carbonyl (C=O) groups is 1. The molecule has 3 nitrogen and oxygen atoms in total. The fraction of sp³-hybridized carbons (Fsp3) is 0.462. The van der Waals surface area contributed by atoms with Gasteiger partial charge in [-0.15, -0.1) is 0 Å². The summed E-state index contributed by atoms with van der Waals surface area (Å²) >= 11 is 5.40. The van der Waals surface area contributed by atoms with E-state index in [0.717, 1.165) is 18.6 Å². The van der Waals surface area contributed by atoms with Crippen LogP contribution < -0.4 is 5.32 Å². The molecule has 1 amide bonds. The van der Waals surface area contributed by atoms with E-state index in [1.807, 2.05) is 6.92 Å². The molecule has 19 heavy (non-hydrogen) atoms. The van der Waals surface area contributed by atoms with E-state index in [-0.39, 0.29) is 23.1 Å². The predicted octanol–water partition coefficient (Wildman–Crippen LogP) is 2.76. The first-order chi connectivity index (χ1) is 8.95. The van der Waals surface area contributed by atoms with Crippen LogP contribution in [0.4, 0.5) is 8.78 Å². The number of hydrogen-bond donors (Lipinski definition) is 2. The fourth-order valence-electron chi connectivity index (χ4n) is 1.54. The molecule has 0 bridgehead atoms. The molecule has 0 heterocycles. The Labute approximate surface area is 115 Å². The third-order valence-corrected chi connectivity index (χ3v) is 3.02.